The highest BCUT2D eigenvalue weighted by atomic mass is 32.2. The van der Waals surface area contributed by atoms with Crippen molar-refractivity contribution in [3.63, 3.8) is 0 Å². The number of hydrogen-bond donors (Lipinski definition) is 2. The zero-order valence-corrected chi connectivity index (χ0v) is 26.1. The maximum atomic E-state index is 15.6. The van der Waals surface area contributed by atoms with Crippen molar-refractivity contribution in [3.05, 3.63) is 29.6 Å². The van der Waals surface area contributed by atoms with E-state index in [0.717, 1.165) is 22.7 Å². The molecular weight excluding hydrogens is 571 g/mol. The largest absolute Gasteiger partial charge is 0.465 e. The number of nitrogens with one attached hydrogen (secondary N) is 1. The molecular formula is C28H41FN4O8S. The van der Waals surface area contributed by atoms with Gasteiger partial charge in [0.15, 0.2) is 0 Å². The van der Waals surface area contributed by atoms with E-state index >= 15 is 4.39 Å². The number of nitrogens with two attached hydrogens (primary N) is 1. The summed E-state index contributed by atoms with van der Waals surface area (Å²) < 4.78 is 36.5. The van der Waals surface area contributed by atoms with E-state index in [4.69, 9.17) is 24.7 Å². The van der Waals surface area contributed by atoms with Gasteiger partial charge in [0.1, 0.15) is 39.5 Å². The Bertz CT molecular complexity index is 1180. The lowest BCUT2D eigenvalue weighted by Gasteiger charge is -2.24. The van der Waals surface area contributed by atoms with E-state index in [1.807, 2.05) is 6.92 Å². The van der Waals surface area contributed by atoms with Crippen LogP contribution in [0.4, 0.5) is 19.7 Å². The van der Waals surface area contributed by atoms with E-state index < -0.39 is 58.5 Å². The first-order valence-electron chi connectivity index (χ1n) is 13.6. The molecule has 0 spiro atoms. The van der Waals surface area contributed by atoms with Crippen LogP contribution >= 0.6 is 11.8 Å². The minimum Gasteiger partial charge on any atom is -0.465 e. The van der Waals surface area contributed by atoms with Crippen LogP contribution in [0.1, 0.15) is 73.8 Å². The average Bonchev–Trinajstić information content (AvgIpc) is 3.25. The third-order valence-corrected chi connectivity index (χ3v) is 6.66. The zero-order chi connectivity index (χ0) is 31.8. The molecule has 3 N–H and O–H groups in total. The summed E-state index contributed by atoms with van der Waals surface area (Å²) in [4.78, 5) is 51.0. The number of thioether (sulfide) groups is 1. The number of carbonyl (C=O) groups is 4. The van der Waals surface area contributed by atoms with Gasteiger partial charge in [0.25, 0.3) is 0 Å². The fraction of sp³-hybridized carbons (Fsp3) is 0.607. The molecule has 3 atom stereocenters. The molecule has 2 unspecified atom stereocenters. The van der Waals surface area contributed by atoms with Gasteiger partial charge in [-0.1, -0.05) is 25.1 Å². The fourth-order valence-corrected chi connectivity index (χ4v) is 4.83. The van der Waals surface area contributed by atoms with Crippen LogP contribution in [0.25, 0.3) is 0 Å². The van der Waals surface area contributed by atoms with Crippen molar-refractivity contribution < 1.29 is 42.5 Å². The first kappa shape index (κ1) is 34.8. The third kappa shape index (κ3) is 10.5. The second-order valence-electron chi connectivity index (χ2n) is 11.4. The Hall–Kier alpha value is -3.39. The minimum atomic E-state index is -1.24. The van der Waals surface area contributed by atoms with Gasteiger partial charge in [-0.3, -0.25) is 14.5 Å². The molecule has 0 bridgehead atoms. The number of halogens is 1. The maximum Gasteiger partial charge on any atom is 0.428 e. The van der Waals surface area contributed by atoms with E-state index in [-0.39, 0.29) is 29.4 Å². The molecule has 0 saturated carbocycles. The molecule has 1 saturated heterocycles. The molecule has 1 heterocycles. The number of carbonyl (C=O) groups excluding carboxylic acids is 4. The lowest BCUT2D eigenvalue weighted by molar-refractivity contribution is -0.158. The summed E-state index contributed by atoms with van der Waals surface area (Å²) in [6, 6.07) is 2.65. The van der Waals surface area contributed by atoms with Crippen molar-refractivity contribution in [3.8, 4) is 0 Å². The summed E-state index contributed by atoms with van der Waals surface area (Å²) in [5.41, 5.74) is 6.75. The Kier molecular flexibility index (Phi) is 12.2. The molecule has 1 fully saturated rings. The van der Waals surface area contributed by atoms with Gasteiger partial charge in [0, 0.05) is 5.56 Å². The molecule has 234 valence electrons. The third-order valence-electron chi connectivity index (χ3n) is 5.41. The van der Waals surface area contributed by atoms with Crippen LogP contribution in [0.2, 0.25) is 0 Å². The molecule has 1 aromatic rings. The van der Waals surface area contributed by atoms with Crippen LogP contribution in [-0.2, 0) is 28.5 Å². The monoisotopic (exact) mass is 612 g/mol. The summed E-state index contributed by atoms with van der Waals surface area (Å²) in [5, 5.41) is 3.33. The van der Waals surface area contributed by atoms with Crippen LogP contribution in [0.15, 0.2) is 23.3 Å². The van der Waals surface area contributed by atoms with Gasteiger partial charge in [0.05, 0.1) is 18.8 Å². The number of hydrogen-bond acceptors (Lipinski definition) is 11. The standard InChI is InChI=1S/C28H41FN4O8S/c1-9-11-20(23(34)38-10-2)42-22(31-32-25(36)41-28(6,7)8)17-13-12-16(14-18(17)29)33-15-19(39-26(33)37)21(30)24(35)40-27(3,4)5/h12-14,19-21H,9-11,15,30H2,1-8H3,(H,32,36)/b31-22+/t19?,20?,21-/m0/s1. The molecule has 2 amide bonds. The Labute approximate surface area is 249 Å². The topological polar surface area (TPSA) is 159 Å². The molecule has 42 heavy (non-hydrogen) atoms. The van der Waals surface area contributed by atoms with Crippen LogP contribution in [-0.4, -0.2) is 70.9 Å². The van der Waals surface area contributed by atoms with E-state index in [9.17, 15) is 19.2 Å². The summed E-state index contributed by atoms with van der Waals surface area (Å²) in [6.45, 7) is 13.7. The molecule has 12 nitrogen and oxygen atoms in total. The van der Waals surface area contributed by atoms with Crippen molar-refractivity contribution >= 4 is 46.6 Å². The molecule has 0 radical (unpaired) electrons. The van der Waals surface area contributed by atoms with Crippen LogP contribution in [0.5, 0.6) is 0 Å². The van der Waals surface area contributed by atoms with Crippen LogP contribution in [0, 0.1) is 5.82 Å². The zero-order valence-electron chi connectivity index (χ0n) is 25.3. The average molecular weight is 613 g/mol. The first-order valence-corrected chi connectivity index (χ1v) is 14.5. The Balaban J connectivity index is 2.35. The van der Waals surface area contributed by atoms with Crippen molar-refractivity contribution in [2.24, 2.45) is 10.8 Å². The van der Waals surface area contributed by atoms with Crippen molar-refractivity contribution in [1.82, 2.24) is 5.43 Å². The van der Waals surface area contributed by atoms with Crippen molar-refractivity contribution in [2.75, 3.05) is 18.1 Å². The Morgan fingerprint density at radius 3 is 2.33 bits per heavy atom. The van der Waals surface area contributed by atoms with Crippen LogP contribution < -0.4 is 16.1 Å². The van der Waals surface area contributed by atoms with Gasteiger partial charge in [-0.15, -0.1) is 0 Å². The lowest BCUT2D eigenvalue weighted by Crippen LogP contribution is -2.47. The van der Waals surface area contributed by atoms with Gasteiger partial charge < -0.3 is 24.7 Å². The molecule has 0 aliphatic carbocycles. The number of amides is 2. The number of anilines is 1. The number of ether oxygens (including phenoxy) is 4. The number of benzene rings is 1. The highest BCUT2D eigenvalue weighted by molar-refractivity contribution is 8.15. The number of hydrazone groups is 1. The van der Waals surface area contributed by atoms with Crippen LogP contribution in [0.3, 0.4) is 0 Å². The smallest absolute Gasteiger partial charge is 0.428 e. The summed E-state index contributed by atoms with van der Waals surface area (Å²) in [7, 11) is 0. The predicted octanol–water partition coefficient (Wildman–Crippen LogP) is 4.47. The van der Waals surface area contributed by atoms with Crippen molar-refractivity contribution in [2.45, 2.75) is 96.8 Å². The summed E-state index contributed by atoms with van der Waals surface area (Å²) in [5.74, 6) is -2.03. The van der Waals surface area contributed by atoms with Gasteiger partial charge in [-0.25, -0.2) is 19.4 Å². The quantitative estimate of drug-likeness (QED) is 0.127. The number of nitrogens with zero attached hydrogens (tertiary/aromatic N) is 2. The molecule has 14 heteroatoms. The molecule has 1 aliphatic rings. The summed E-state index contributed by atoms with van der Waals surface area (Å²) in [6.07, 6.45) is -1.65. The fourth-order valence-electron chi connectivity index (χ4n) is 3.65. The lowest BCUT2D eigenvalue weighted by atomic mass is 10.1. The van der Waals surface area contributed by atoms with E-state index in [0.29, 0.717) is 12.8 Å². The number of cyclic esters (lactones) is 1. The molecule has 0 aromatic heterocycles. The second-order valence-corrected chi connectivity index (χ2v) is 12.6. The van der Waals surface area contributed by atoms with Gasteiger partial charge in [-0.2, -0.15) is 5.10 Å². The Morgan fingerprint density at radius 1 is 1.14 bits per heavy atom. The van der Waals surface area contributed by atoms with Gasteiger partial charge in [0.2, 0.25) is 0 Å². The highest BCUT2D eigenvalue weighted by Gasteiger charge is 2.41. The molecule has 1 aromatic carbocycles. The van der Waals surface area contributed by atoms with E-state index in [1.54, 1.807) is 48.5 Å². The molecule has 2 rings (SSSR count). The molecule has 1 aliphatic heterocycles. The van der Waals surface area contributed by atoms with Gasteiger partial charge in [-0.05, 0) is 73.1 Å². The SMILES string of the molecule is CCCC(S/C(=N/NC(=O)OC(C)(C)C)c1ccc(N2CC([C@H](N)C(=O)OC(C)(C)C)OC2=O)cc1F)C(=O)OCC. The van der Waals surface area contributed by atoms with E-state index in [2.05, 4.69) is 10.5 Å². The van der Waals surface area contributed by atoms with Crippen molar-refractivity contribution in [1.29, 1.82) is 0 Å². The Morgan fingerprint density at radius 2 is 1.79 bits per heavy atom. The first-order chi connectivity index (χ1) is 19.5. The second kappa shape index (κ2) is 14.7. The van der Waals surface area contributed by atoms with E-state index in [1.165, 1.54) is 12.1 Å². The normalized spacial score (nSPS) is 17.3. The predicted molar refractivity (Wildman–Crippen MR) is 157 cm³/mol. The highest BCUT2D eigenvalue weighted by Crippen LogP contribution is 2.30. The number of rotatable bonds is 10. The minimum absolute atomic E-state index is 0.00904. The summed E-state index contributed by atoms with van der Waals surface area (Å²) >= 11 is 0.932. The van der Waals surface area contributed by atoms with Gasteiger partial charge >= 0.3 is 24.1 Å². The maximum absolute atomic E-state index is 15.6. The number of esters is 2.